The maximum Gasteiger partial charge on any atom is 0.166 e. The van der Waals surface area contributed by atoms with Gasteiger partial charge in [0.15, 0.2) is 5.11 Å². The lowest BCUT2D eigenvalue weighted by atomic mass is 10.3. The molecular weight excluding hydrogens is 252 g/mol. The summed E-state index contributed by atoms with van der Waals surface area (Å²) < 4.78 is 5.04. The van der Waals surface area contributed by atoms with E-state index in [1.165, 1.54) is 9.75 Å². The Bertz CT molecular complexity index is 352. The first kappa shape index (κ1) is 14.4. The Morgan fingerprint density at radius 3 is 2.76 bits per heavy atom. The van der Waals surface area contributed by atoms with Crippen LogP contribution in [0.25, 0.3) is 0 Å². The van der Waals surface area contributed by atoms with Crippen molar-refractivity contribution in [2.24, 2.45) is 0 Å². The molecular formula is C12H20N2OS2. The number of ether oxygens (including phenoxy) is 1. The number of aryl methyl sites for hydroxylation is 1. The summed E-state index contributed by atoms with van der Waals surface area (Å²) in [4.78, 5) is 2.72. The Labute approximate surface area is 113 Å². The van der Waals surface area contributed by atoms with Crippen LogP contribution >= 0.6 is 23.6 Å². The minimum Gasteiger partial charge on any atom is -0.383 e. The summed E-state index contributed by atoms with van der Waals surface area (Å²) >= 11 is 7.04. The average molecular weight is 272 g/mol. The van der Waals surface area contributed by atoms with Crippen molar-refractivity contribution in [3.8, 4) is 0 Å². The van der Waals surface area contributed by atoms with Crippen molar-refractivity contribution in [2.45, 2.75) is 32.9 Å². The smallest absolute Gasteiger partial charge is 0.166 e. The highest BCUT2D eigenvalue weighted by atomic mass is 32.1. The van der Waals surface area contributed by atoms with Crippen LogP contribution in [0, 0.1) is 0 Å². The normalized spacial score (nSPS) is 12.2. The van der Waals surface area contributed by atoms with Gasteiger partial charge in [-0.05, 0) is 37.7 Å². The van der Waals surface area contributed by atoms with Gasteiger partial charge < -0.3 is 15.4 Å². The van der Waals surface area contributed by atoms with Crippen LogP contribution in [0.1, 0.15) is 23.6 Å². The van der Waals surface area contributed by atoms with Crippen LogP contribution in [0.15, 0.2) is 12.1 Å². The van der Waals surface area contributed by atoms with Gasteiger partial charge in [0, 0.05) is 22.9 Å². The van der Waals surface area contributed by atoms with Crippen molar-refractivity contribution in [2.75, 3.05) is 13.7 Å². The van der Waals surface area contributed by atoms with Gasteiger partial charge in [0.2, 0.25) is 0 Å². The van der Waals surface area contributed by atoms with Gasteiger partial charge in [-0.2, -0.15) is 0 Å². The Morgan fingerprint density at radius 2 is 2.18 bits per heavy atom. The highest BCUT2D eigenvalue weighted by molar-refractivity contribution is 7.80. The number of hydrogen-bond acceptors (Lipinski definition) is 3. The molecule has 1 unspecified atom stereocenters. The van der Waals surface area contributed by atoms with E-state index in [0.717, 1.165) is 13.0 Å². The molecule has 5 heteroatoms. The summed E-state index contributed by atoms with van der Waals surface area (Å²) in [6.45, 7) is 5.65. The predicted molar refractivity (Wildman–Crippen MR) is 77.6 cm³/mol. The number of methoxy groups -OCH3 is 1. The fourth-order valence-corrected chi connectivity index (χ4v) is 2.61. The predicted octanol–water partition coefficient (Wildman–Crippen LogP) is 2.31. The van der Waals surface area contributed by atoms with Crippen LogP contribution in [0.5, 0.6) is 0 Å². The second-order valence-corrected chi connectivity index (χ2v) is 5.57. The Balaban J connectivity index is 2.27. The molecule has 96 valence electrons. The van der Waals surface area contributed by atoms with Crippen LogP contribution in [0.3, 0.4) is 0 Å². The monoisotopic (exact) mass is 272 g/mol. The molecule has 0 amide bonds. The zero-order valence-electron chi connectivity index (χ0n) is 10.6. The van der Waals surface area contributed by atoms with Crippen molar-refractivity contribution in [1.82, 2.24) is 10.6 Å². The molecule has 0 fully saturated rings. The topological polar surface area (TPSA) is 33.3 Å². The number of thiophene rings is 1. The summed E-state index contributed by atoms with van der Waals surface area (Å²) in [6, 6.07) is 4.55. The average Bonchev–Trinajstić information content (AvgIpc) is 2.74. The van der Waals surface area contributed by atoms with Gasteiger partial charge >= 0.3 is 0 Å². The van der Waals surface area contributed by atoms with E-state index < -0.39 is 0 Å². The van der Waals surface area contributed by atoms with Crippen molar-refractivity contribution < 1.29 is 4.74 Å². The molecule has 1 heterocycles. The summed E-state index contributed by atoms with van der Waals surface area (Å²) in [7, 11) is 1.69. The minimum atomic E-state index is 0.231. The maximum atomic E-state index is 5.21. The molecule has 0 saturated carbocycles. The van der Waals surface area contributed by atoms with E-state index in [9.17, 15) is 0 Å². The van der Waals surface area contributed by atoms with E-state index in [4.69, 9.17) is 17.0 Å². The lowest BCUT2D eigenvalue weighted by Crippen LogP contribution is -2.41. The third-order valence-corrected chi connectivity index (χ3v) is 3.77. The van der Waals surface area contributed by atoms with Crippen molar-refractivity contribution >= 4 is 28.7 Å². The van der Waals surface area contributed by atoms with Crippen molar-refractivity contribution in [3.05, 3.63) is 21.9 Å². The second-order valence-electron chi connectivity index (χ2n) is 3.90. The van der Waals surface area contributed by atoms with Gasteiger partial charge in [-0.1, -0.05) is 6.92 Å². The minimum absolute atomic E-state index is 0.231. The molecule has 0 aliphatic carbocycles. The van der Waals surface area contributed by atoms with Gasteiger partial charge in [-0.3, -0.25) is 0 Å². The number of hydrogen-bond donors (Lipinski definition) is 2. The second kappa shape index (κ2) is 7.63. The van der Waals surface area contributed by atoms with E-state index in [1.54, 1.807) is 7.11 Å². The van der Waals surface area contributed by atoms with E-state index in [-0.39, 0.29) is 6.04 Å². The van der Waals surface area contributed by atoms with Crippen molar-refractivity contribution in [1.29, 1.82) is 0 Å². The highest BCUT2D eigenvalue weighted by Crippen LogP contribution is 2.16. The standard InChI is InChI=1S/C12H20N2OS2/c1-4-10-5-6-11(17-10)7-13-12(16)14-9(2)8-15-3/h5-6,9H,4,7-8H2,1-3H3,(H2,13,14,16). The van der Waals surface area contributed by atoms with Gasteiger partial charge in [-0.15, -0.1) is 11.3 Å². The van der Waals surface area contributed by atoms with Gasteiger partial charge in [0.05, 0.1) is 13.2 Å². The van der Waals surface area contributed by atoms with Gasteiger partial charge in [-0.25, -0.2) is 0 Å². The third kappa shape index (κ3) is 5.48. The first-order chi connectivity index (χ1) is 8.15. The zero-order valence-corrected chi connectivity index (χ0v) is 12.2. The number of thiocarbonyl (C=S) groups is 1. The number of nitrogens with one attached hydrogen (secondary N) is 2. The summed E-state index contributed by atoms with van der Waals surface area (Å²) in [5.41, 5.74) is 0. The van der Waals surface area contributed by atoms with Crippen LogP contribution in [0.2, 0.25) is 0 Å². The lowest BCUT2D eigenvalue weighted by Gasteiger charge is -2.15. The van der Waals surface area contributed by atoms with E-state index >= 15 is 0 Å². The lowest BCUT2D eigenvalue weighted by molar-refractivity contribution is 0.179. The van der Waals surface area contributed by atoms with Crippen LogP contribution < -0.4 is 10.6 Å². The van der Waals surface area contributed by atoms with Crippen molar-refractivity contribution in [3.63, 3.8) is 0 Å². The molecule has 0 saturated heterocycles. The molecule has 0 bridgehead atoms. The fourth-order valence-electron chi connectivity index (χ4n) is 1.44. The summed E-state index contributed by atoms with van der Waals surface area (Å²) in [5, 5.41) is 7.05. The molecule has 17 heavy (non-hydrogen) atoms. The maximum absolute atomic E-state index is 5.21. The molecule has 0 aliphatic heterocycles. The van der Waals surface area contributed by atoms with Gasteiger partial charge in [0.1, 0.15) is 0 Å². The van der Waals surface area contributed by atoms with Crippen LogP contribution in [-0.2, 0) is 17.7 Å². The Hall–Kier alpha value is -0.650. The molecule has 0 spiro atoms. The Kier molecular flexibility index (Phi) is 6.47. The van der Waals surface area contributed by atoms with Crippen LogP contribution in [0.4, 0.5) is 0 Å². The van der Waals surface area contributed by atoms with Crippen LogP contribution in [-0.4, -0.2) is 24.9 Å². The molecule has 3 nitrogen and oxygen atoms in total. The largest absolute Gasteiger partial charge is 0.383 e. The summed E-state index contributed by atoms with van der Waals surface area (Å²) in [5.74, 6) is 0. The quantitative estimate of drug-likeness (QED) is 0.779. The number of rotatable bonds is 6. The summed E-state index contributed by atoms with van der Waals surface area (Å²) in [6.07, 6.45) is 1.10. The molecule has 0 radical (unpaired) electrons. The molecule has 1 atom stereocenters. The SMILES string of the molecule is CCc1ccc(CNC(=S)NC(C)COC)s1. The molecule has 0 aromatic carbocycles. The van der Waals surface area contributed by atoms with E-state index in [0.29, 0.717) is 11.7 Å². The highest BCUT2D eigenvalue weighted by Gasteiger charge is 2.04. The first-order valence-electron chi connectivity index (χ1n) is 5.76. The molecule has 0 aliphatic rings. The molecule has 1 rings (SSSR count). The first-order valence-corrected chi connectivity index (χ1v) is 6.99. The van der Waals surface area contributed by atoms with Gasteiger partial charge in [0.25, 0.3) is 0 Å². The molecule has 1 aromatic rings. The third-order valence-electron chi connectivity index (χ3n) is 2.28. The fraction of sp³-hybridized carbons (Fsp3) is 0.583. The molecule has 2 N–H and O–H groups in total. The zero-order chi connectivity index (χ0) is 12.7. The Morgan fingerprint density at radius 1 is 1.47 bits per heavy atom. The van der Waals surface area contributed by atoms with E-state index in [2.05, 4.69) is 29.7 Å². The molecule has 1 aromatic heterocycles. The van der Waals surface area contributed by atoms with E-state index in [1.807, 2.05) is 18.3 Å².